The van der Waals surface area contributed by atoms with Crippen LogP contribution in [0.3, 0.4) is 0 Å². The van der Waals surface area contributed by atoms with Gasteiger partial charge in [-0.3, -0.25) is 0 Å². The Labute approximate surface area is 89.7 Å². The molecule has 15 heavy (non-hydrogen) atoms. The van der Waals surface area contributed by atoms with Crippen LogP contribution in [0.2, 0.25) is 0 Å². The number of ether oxygens (including phenoxy) is 1. The Morgan fingerprint density at radius 1 is 1.47 bits per heavy atom. The van der Waals surface area contributed by atoms with Crippen molar-refractivity contribution in [3.63, 3.8) is 0 Å². The second kappa shape index (κ2) is 5.12. The Hall–Kier alpha value is -1.09. The van der Waals surface area contributed by atoms with E-state index in [9.17, 15) is 4.39 Å². The van der Waals surface area contributed by atoms with Crippen LogP contribution in [-0.2, 0) is 0 Å². The van der Waals surface area contributed by atoms with Gasteiger partial charge in [-0.25, -0.2) is 4.39 Å². The summed E-state index contributed by atoms with van der Waals surface area (Å²) in [5, 5.41) is 8.88. The Bertz CT molecular complexity index is 323. The summed E-state index contributed by atoms with van der Waals surface area (Å²) in [6.45, 7) is 7.28. The van der Waals surface area contributed by atoms with Crippen LogP contribution in [0.4, 0.5) is 4.39 Å². The molecule has 0 aliphatic carbocycles. The van der Waals surface area contributed by atoms with Gasteiger partial charge in [0.2, 0.25) is 0 Å². The van der Waals surface area contributed by atoms with Gasteiger partial charge in [0.05, 0.1) is 6.10 Å². The van der Waals surface area contributed by atoms with Crippen LogP contribution in [0, 0.1) is 12.7 Å². The van der Waals surface area contributed by atoms with Crippen LogP contribution in [0.5, 0.6) is 5.75 Å². The van der Waals surface area contributed by atoms with Crippen molar-refractivity contribution in [1.29, 1.82) is 0 Å². The first kappa shape index (κ1) is 12.0. The van der Waals surface area contributed by atoms with Crippen molar-refractivity contribution in [3.8, 4) is 5.75 Å². The number of benzene rings is 1. The van der Waals surface area contributed by atoms with E-state index in [1.54, 1.807) is 12.1 Å². The van der Waals surface area contributed by atoms with Crippen molar-refractivity contribution in [1.82, 2.24) is 0 Å². The zero-order chi connectivity index (χ0) is 11.4. The van der Waals surface area contributed by atoms with E-state index < -0.39 is 5.82 Å². The van der Waals surface area contributed by atoms with Crippen LogP contribution in [-0.4, -0.2) is 17.8 Å². The van der Waals surface area contributed by atoms with E-state index in [1.165, 1.54) is 6.07 Å². The highest BCUT2D eigenvalue weighted by atomic mass is 19.1. The molecule has 0 aliphatic heterocycles. The highest BCUT2D eigenvalue weighted by molar-refractivity contribution is 5.31. The lowest BCUT2D eigenvalue weighted by atomic mass is 10.0. The van der Waals surface area contributed by atoms with Gasteiger partial charge >= 0.3 is 0 Å². The molecule has 1 N–H and O–H groups in total. The number of rotatable bonds is 4. The minimum atomic E-state index is -0.414. The molecule has 0 aliphatic rings. The Morgan fingerprint density at radius 2 is 2.13 bits per heavy atom. The summed E-state index contributed by atoms with van der Waals surface area (Å²) >= 11 is 0. The molecule has 0 spiro atoms. The first-order valence-electron chi connectivity index (χ1n) is 4.94. The lowest BCUT2D eigenvalue weighted by molar-refractivity contribution is 0.230. The number of halogens is 1. The van der Waals surface area contributed by atoms with E-state index >= 15 is 0 Å². The third kappa shape index (κ3) is 3.20. The van der Waals surface area contributed by atoms with Gasteiger partial charge in [0.1, 0.15) is 0 Å². The maximum absolute atomic E-state index is 13.5. The molecule has 0 saturated carbocycles. The van der Waals surface area contributed by atoms with Crippen molar-refractivity contribution >= 4 is 0 Å². The zero-order valence-corrected chi connectivity index (χ0v) is 9.03. The smallest absolute Gasteiger partial charge is 0.165 e. The number of aliphatic hydroxyl groups is 1. The fraction of sp³-hybridized carbons (Fsp3) is 0.417. The highest BCUT2D eigenvalue weighted by Gasteiger charge is 2.10. The standard InChI is InChI=1S/C12H16FO2/c1-8(2)15-12-5-4-10(6-11(12)13)9(3)7-14/h4-6,8-9,14H,3,7H2,1-2H3. The monoisotopic (exact) mass is 211 g/mol. The number of hydrogen-bond acceptors (Lipinski definition) is 2. The molecule has 1 rings (SSSR count). The quantitative estimate of drug-likeness (QED) is 0.829. The second-order valence-corrected chi connectivity index (χ2v) is 3.74. The largest absolute Gasteiger partial charge is 0.488 e. The predicted octanol–water partition coefficient (Wildman–Crippen LogP) is 2.52. The summed E-state index contributed by atoms with van der Waals surface area (Å²) in [6, 6.07) is 4.64. The molecular formula is C12H16FO2. The van der Waals surface area contributed by atoms with Gasteiger partial charge < -0.3 is 9.84 Å². The number of hydrogen-bond donors (Lipinski definition) is 1. The molecule has 3 heteroatoms. The highest BCUT2D eigenvalue weighted by Crippen LogP contribution is 2.23. The van der Waals surface area contributed by atoms with Crippen molar-refractivity contribution in [2.75, 3.05) is 6.61 Å². The summed E-state index contributed by atoms with van der Waals surface area (Å²) < 4.78 is 18.7. The van der Waals surface area contributed by atoms with Crippen molar-refractivity contribution in [2.24, 2.45) is 0 Å². The SMILES string of the molecule is [CH2]C(CO)c1ccc(OC(C)C)c(F)c1. The van der Waals surface area contributed by atoms with Gasteiger partial charge in [-0.05, 0) is 38.5 Å². The molecule has 0 aromatic heterocycles. The van der Waals surface area contributed by atoms with Gasteiger partial charge in [0, 0.05) is 12.5 Å². The molecule has 0 heterocycles. The molecule has 0 bridgehead atoms. The van der Waals surface area contributed by atoms with Gasteiger partial charge in [-0.2, -0.15) is 0 Å². The molecule has 0 saturated heterocycles. The Balaban J connectivity index is 2.88. The zero-order valence-electron chi connectivity index (χ0n) is 9.03. The molecule has 83 valence electrons. The maximum Gasteiger partial charge on any atom is 0.165 e. The van der Waals surface area contributed by atoms with Crippen LogP contribution >= 0.6 is 0 Å². The number of aliphatic hydroxyl groups excluding tert-OH is 1. The molecule has 1 radical (unpaired) electrons. The lowest BCUT2D eigenvalue weighted by Gasteiger charge is -2.13. The third-order valence-corrected chi connectivity index (χ3v) is 2.01. The lowest BCUT2D eigenvalue weighted by Crippen LogP contribution is -2.07. The summed E-state index contributed by atoms with van der Waals surface area (Å²) in [4.78, 5) is 0. The van der Waals surface area contributed by atoms with E-state index in [0.29, 0.717) is 5.56 Å². The van der Waals surface area contributed by atoms with E-state index in [2.05, 4.69) is 6.92 Å². The average molecular weight is 211 g/mol. The second-order valence-electron chi connectivity index (χ2n) is 3.74. The Morgan fingerprint density at radius 3 is 2.60 bits per heavy atom. The van der Waals surface area contributed by atoms with Gasteiger partial charge in [0.25, 0.3) is 0 Å². The summed E-state index contributed by atoms with van der Waals surface area (Å²) in [7, 11) is 0. The van der Waals surface area contributed by atoms with Crippen LogP contribution in [0.1, 0.15) is 25.3 Å². The van der Waals surface area contributed by atoms with E-state index in [4.69, 9.17) is 9.84 Å². The van der Waals surface area contributed by atoms with Crippen LogP contribution in [0.15, 0.2) is 18.2 Å². The molecule has 0 amide bonds. The predicted molar refractivity (Wildman–Crippen MR) is 57.3 cm³/mol. The molecule has 1 atom stereocenters. The third-order valence-electron chi connectivity index (χ3n) is 2.01. The average Bonchev–Trinajstić information content (AvgIpc) is 2.19. The first-order chi connectivity index (χ1) is 7.04. The summed E-state index contributed by atoms with van der Waals surface area (Å²) in [5.74, 6) is -0.477. The van der Waals surface area contributed by atoms with Gasteiger partial charge in [-0.15, -0.1) is 0 Å². The van der Waals surface area contributed by atoms with Crippen molar-refractivity contribution < 1.29 is 14.2 Å². The van der Waals surface area contributed by atoms with Crippen LogP contribution < -0.4 is 4.74 Å². The fourth-order valence-corrected chi connectivity index (χ4v) is 1.23. The summed E-state index contributed by atoms with van der Waals surface area (Å²) in [6.07, 6.45) is -0.0567. The fourth-order valence-electron chi connectivity index (χ4n) is 1.23. The molecule has 1 aromatic carbocycles. The minimum absolute atomic E-state index is 0.0567. The normalized spacial score (nSPS) is 12.9. The molecule has 0 fully saturated rings. The maximum atomic E-state index is 13.5. The minimum Gasteiger partial charge on any atom is -0.488 e. The first-order valence-corrected chi connectivity index (χ1v) is 4.94. The van der Waals surface area contributed by atoms with Crippen molar-refractivity contribution in [3.05, 3.63) is 36.5 Å². The van der Waals surface area contributed by atoms with Crippen LogP contribution in [0.25, 0.3) is 0 Å². The van der Waals surface area contributed by atoms with E-state index in [-0.39, 0.29) is 24.4 Å². The molecule has 1 aromatic rings. The Kier molecular flexibility index (Phi) is 4.09. The van der Waals surface area contributed by atoms with Crippen molar-refractivity contribution in [2.45, 2.75) is 25.9 Å². The molecular weight excluding hydrogens is 195 g/mol. The van der Waals surface area contributed by atoms with Gasteiger partial charge in [-0.1, -0.05) is 6.07 Å². The molecule has 2 nitrogen and oxygen atoms in total. The molecule has 1 unspecified atom stereocenters. The van der Waals surface area contributed by atoms with Gasteiger partial charge in [0.15, 0.2) is 11.6 Å². The van der Waals surface area contributed by atoms with E-state index in [1.807, 2.05) is 13.8 Å². The van der Waals surface area contributed by atoms with E-state index in [0.717, 1.165) is 0 Å². The summed E-state index contributed by atoms with van der Waals surface area (Å²) in [5.41, 5.74) is 0.672. The topological polar surface area (TPSA) is 29.5 Å².